The van der Waals surface area contributed by atoms with Gasteiger partial charge in [-0.25, -0.2) is 13.2 Å². The van der Waals surface area contributed by atoms with E-state index in [-0.39, 0.29) is 11.4 Å². The number of nitrogens with one attached hydrogen (secondary N) is 3. The van der Waals surface area contributed by atoms with Gasteiger partial charge in [-0.3, -0.25) is 10.1 Å². The molecule has 0 saturated carbocycles. The molecule has 0 unspecified atom stereocenters. The van der Waals surface area contributed by atoms with E-state index in [4.69, 9.17) is 11.6 Å². The van der Waals surface area contributed by atoms with E-state index in [1.54, 1.807) is 12.1 Å². The molecule has 0 aliphatic carbocycles. The molecule has 3 N–H and O–H groups in total. The summed E-state index contributed by atoms with van der Waals surface area (Å²) in [7, 11) is -2.16. The first-order valence-electron chi connectivity index (χ1n) is 7.44. The molecule has 10 heteroatoms. The van der Waals surface area contributed by atoms with Crippen LogP contribution in [0.1, 0.15) is 0 Å². The number of carbonyl (C=O) groups is 2. The Morgan fingerprint density at radius 1 is 1.29 bits per heavy atom. The van der Waals surface area contributed by atoms with Crippen molar-refractivity contribution in [1.82, 2.24) is 14.9 Å². The van der Waals surface area contributed by atoms with Gasteiger partial charge in [0.15, 0.2) is 6.54 Å². The van der Waals surface area contributed by atoms with Gasteiger partial charge in [0.25, 0.3) is 5.91 Å². The van der Waals surface area contributed by atoms with Crippen molar-refractivity contribution in [2.45, 2.75) is 4.90 Å². The van der Waals surface area contributed by atoms with Crippen molar-refractivity contribution >= 4 is 33.6 Å². The minimum atomic E-state index is -3.59. The summed E-state index contributed by atoms with van der Waals surface area (Å²) in [4.78, 5) is 23.8. The Morgan fingerprint density at radius 3 is 2.54 bits per heavy atom. The highest BCUT2D eigenvalue weighted by atomic mass is 35.5. The summed E-state index contributed by atoms with van der Waals surface area (Å²) in [5.74, 6) is -0.393. The molecule has 1 aromatic rings. The van der Waals surface area contributed by atoms with Crippen LogP contribution in [0.25, 0.3) is 0 Å². The monoisotopic (exact) mass is 375 g/mol. The minimum absolute atomic E-state index is 0.123. The second-order valence-electron chi connectivity index (χ2n) is 5.42. The van der Waals surface area contributed by atoms with Crippen LogP contribution in [0.4, 0.5) is 4.79 Å². The van der Waals surface area contributed by atoms with E-state index in [0.717, 1.165) is 4.90 Å². The Hall–Kier alpha value is -1.68. The second-order valence-corrected chi connectivity index (χ2v) is 7.79. The summed E-state index contributed by atoms with van der Waals surface area (Å²) in [6.45, 7) is 1.70. The first-order valence-corrected chi connectivity index (χ1v) is 9.25. The smallest absolute Gasteiger partial charge is 0.321 e. The number of rotatable bonds is 4. The van der Waals surface area contributed by atoms with E-state index in [9.17, 15) is 18.0 Å². The number of quaternary nitrogens is 1. The summed E-state index contributed by atoms with van der Waals surface area (Å²) in [5, 5.41) is 4.87. The number of amides is 3. The topological polar surface area (TPSA) is 100 Å². The number of imide groups is 1. The standard InChI is InChI=1S/C14H19ClN4O4S/c1-16-14(21)17-13(20)10-18-5-7-19(8-6-18)24(22,23)12-4-2-3-11(15)9-12/h2-4,9H,5-8,10H2,1H3,(H2,16,17,20,21)/p+1. The quantitative estimate of drug-likeness (QED) is 0.608. The van der Waals surface area contributed by atoms with Crippen molar-refractivity contribution in [1.29, 1.82) is 0 Å². The zero-order chi connectivity index (χ0) is 17.7. The van der Waals surface area contributed by atoms with Crippen LogP contribution in [0.5, 0.6) is 0 Å². The lowest BCUT2D eigenvalue weighted by atomic mass is 10.3. The highest BCUT2D eigenvalue weighted by Crippen LogP contribution is 2.19. The summed E-state index contributed by atoms with van der Waals surface area (Å²) >= 11 is 5.86. The predicted molar refractivity (Wildman–Crippen MR) is 88.4 cm³/mol. The summed E-state index contributed by atoms with van der Waals surface area (Å²) in [6, 6.07) is 5.60. The molecule has 3 amide bonds. The number of urea groups is 1. The minimum Gasteiger partial charge on any atom is -0.341 e. The average molecular weight is 376 g/mol. The highest BCUT2D eigenvalue weighted by Gasteiger charge is 2.31. The van der Waals surface area contributed by atoms with Gasteiger partial charge in [0.2, 0.25) is 10.0 Å². The third kappa shape index (κ3) is 4.67. The van der Waals surface area contributed by atoms with Gasteiger partial charge in [0.05, 0.1) is 31.1 Å². The first-order chi connectivity index (χ1) is 11.3. The molecule has 1 fully saturated rings. The lowest BCUT2D eigenvalue weighted by Gasteiger charge is -2.31. The van der Waals surface area contributed by atoms with Gasteiger partial charge in [-0.05, 0) is 18.2 Å². The molecule has 1 aliphatic rings. The summed E-state index contributed by atoms with van der Waals surface area (Å²) in [6.07, 6.45) is 0. The number of benzene rings is 1. The number of hydrogen-bond donors (Lipinski definition) is 3. The SMILES string of the molecule is CNC(=O)NC(=O)C[NH+]1CCN(S(=O)(=O)c2cccc(Cl)c2)CC1. The molecule has 2 rings (SSSR count). The molecule has 1 saturated heterocycles. The Kier molecular flexibility index (Phi) is 6.16. The van der Waals surface area contributed by atoms with Crippen molar-refractivity contribution in [3.05, 3.63) is 29.3 Å². The van der Waals surface area contributed by atoms with Gasteiger partial charge in [-0.2, -0.15) is 4.31 Å². The largest absolute Gasteiger partial charge is 0.341 e. The average Bonchev–Trinajstić information content (AvgIpc) is 2.55. The summed E-state index contributed by atoms with van der Waals surface area (Å²) in [5.41, 5.74) is 0. The van der Waals surface area contributed by atoms with Crippen LogP contribution in [0, 0.1) is 0 Å². The fourth-order valence-corrected chi connectivity index (χ4v) is 4.20. The molecular weight excluding hydrogens is 356 g/mol. The Bertz CT molecular complexity index is 717. The predicted octanol–water partition coefficient (Wildman–Crippen LogP) is -1.32. The maximum atomic E-state index is 12.6. The molecule has 0 bridgehead atoms. The van der Waals surface area contributed by atoms with Crippen molar-refractivity contribution in [2.75, 3.05) is 39.8 Å². The Labute approximate surface area is 145 Å². The van der Waals surface area contributed by atoms with Crippen molar-refractivity contribution in [3.8, 4) is 0 Å². The third-order valence-corrected chi connectivity index (χ3v) is 5.88. The van der Waals surface area contributed by atoms with Crippen LogP contribution >= 0.6 is 11.6 Å². The fraction of sp³-hybridized carbons (Fsp3) is 0.429. The van der Waals surface area contributed by atoms with E-state index in [2.05, 4.69) is 10.6 Å². The molecule has 1 aliphatic heterocycles. The molecular formula is C14H20ClN4O4S+. The van der Waals surface area contributed by atoms with Crippen LogP contribution in [0.3, 0.4) is 0 Å². The fourth-order valence-electron chi connectivity index (χ4n) is 2.46. The zero-order valence-corrected chi connectivity index (χ0v) is 14.8. The van der Waals surface area contributed by atoms with Crippen molar-refractivity contribution in [3.63, 3.8) is 0 Å². The highest BCUT2D eigenvalue weighted by molar-refractivity contribution is 7.89. The van der Waals surface area contributed by atoms with Gasteiger partial charge >= 0.3 is 6.03 Å². The zero-order valence-electron chi connectivity index (χ0n) is 13.2. The van der Waals surface area contributed by atoms with E-state index in [1.807, 2.05) is 0 Å². The molecule has 8 nitrogen and oxygen atoms in total. The lowest BCUT2D eigenvalue weighted by Crippen LogP contribution is -3.15. The van der Waals surface area contributed by atoms with Crippen molar-refractivity contribution in [2.24, 2.45) is 0 Å². The second kappa shape index (κ2) is 7.93. The van der Waals surface area contributed by atoms with Crippen LogP contribution in [0.15, 0.2) is 29.2 Å². The van der Waals surface area contributed by atoms with Gasteiger partial charge in [0.1, 0.15) is 0 Å². The number of piperazine rings is 1. The third-order valence-electron chi connectivity index (χ3n) is 3.75. The maximum absolute atomic E-state index is 12.6. The molecule has 0 spiro atoms. The van der Waals surface area contributed by atoms with E-state index < -0.39 is 22.0 Å². The van der Waals surface area contributed by atoms with Gasteiger partial charge in [-0.15, -0.1) is 0 Å². The van der Waals surface area contributed by atoms with Crippen LogP contribution in [-0.4, -0.2) is 64.4 Å². The van der Waals surface area contributed by atoms with E-state index >= 15 is 0 Å². The summed E-state index contributed by atoms with van der Waals surface area (Å²) < 4.78 is 26.5. The van der Waals surface area contributed by atoms with E-state index in [0.29, 0.717) is 31.2 Å². The molecule has 1 heterocycles. The molecule has 1 aromatic carbocycles. The van der Waals surface area contributed by atoms with Crippen LogP contribution in [-0.2, 0) is 14.8 Å². The molecule has 0 atom stereocenters. The number of hydrogen-bond acceptors (Lipinski definition) is 4. The normalized spacial score (nSPS) is 16.6. The van der Waals surface area contributed by atoms with E-state index in [1.165, 1.54) is 23.5 Å². The molecule has 132 valence electrons. The van der Waals surface area contributed by atoms with Gasteiger partial charge < -0.3 is 10.2 Å². The Morgan fingerprint density at radius 2 is 1.96 bits per heavy atom. The Balaban J connectivity index is 1.92. The first kappa shape index (κ1) is 18.7. The van der Waals surface area contributed by atoms with Gasteiger partial charge in [0, 0.05) is 12.1 Å². The van der Waals surface area contributed by atoms with Crippen LogP contribution < -0.4 is 15.5 Å². The number of halogens is 1. The van der Waals surface area contributed by atoms with Crippen LogP contribution in [0.2, 0.25) is 5.02 Å². The molecule has 24 heavy (non-hydrogen) atoms. The van der Waals surface area contributed by atoms with Crippen molar-refractivity contribution < 1.29 is 22.9 Å². The van der Waals surface area contributed by atoms with Gasteiger partial charge in [-0.1, -0.05) is 17.7 Å². The lowest BCUT2D eigenvalue weighted by molar-refractivity contribution is -0.895. The number of carbonyl (C=O) groups excluding carboxylic acids is 2. The molecule has 0 radical (unpaired) electrons. The molecule has 0 aromatic heterocycles. The number of sulfonamides is 1. The maximum Gasteiger partial charge on any atom is 0.321 e. The number of nitrogens with zero attached hydrogens (tertiary/aromatic N) is 1.